The number of aliphatic hydroxyl groups is 1. The van der Waals surface area contributed by atoms with E-state index in [0.29, 0.717) is 12.8 Å². The summed E-state index contributed by atoms with van der Waals surface area (Å²) in [6, 6.07) is 0.192. The molecule has 0 spiro atoms. The molecule has 0 saturated carbocycles. The second-order valence-corrected chi connectivity index (χ2v) is 7.14. The minimum absolute atomic E-state index is 0.0959. The summed E-state index contributed by atoms with van der Waals surface area (Å²) in [6.07, 6.45) is 7.82. The fourth-order valence-electron chi connectivity index (χ4n) is 3.52. The first-order valence-electron chi connectivity index (χ1n) is 7.62. The molecule has 0 aromatic carbocycles. The van der Waals surface area contributed by atoms with Crippen molar-refractivity contribution in [3.63, 3.8) is 0 Å². The largest absolute Gasteiger partial charge is 0.444 e. The number of carbonyl (C=O) groups is 1. The van der Waals surface area contributed by atoms with Crippen LogP contribution in [0.5, 0.6) is 0 Å². The Kier molecular flexibility index (Phi) is 4.14. The number of fused-ring (bicyclic) bond motifs is 2. The summed E-state index contributed by atoms with van der Waals surface area (Å²) in [4.78, 5) is 14.3. The van der Waals surface area contributed by atoms with Crippen molar-refractivity contribution in [3.8, 4) is 0 Å². The van der Waals surface area contributed by atoms with Gasteiger partial charge in [0.25, 0.3) is 0 Å². The standard InChI is InChI=1S/C16H27NO3/c1-5-9-16(19)10-12-7-6-8-13(11-16)17(12)14(18)20-15(2,3)4/h5,9,12-13,19H,6-8,10-11H2,1-4H3/b9-5-. The molecular formula is C16H27NO3. The molecule has 4 heteroatoms. The lowest BCUT2D eigenvalue weighted by molar-refractivity contribution is -0.0712. The van der Waals surface area contributed by atoms with Crippen molar-refractivity contribution in [2.45, 2.75) is 83.1 Å². The van der Waals surface area contributed by atoms with Gasteiger partial charge in [0.1, 0.15) is 5.60 Å². The maximum absolute atomic E-state index is 12.4. The molecule has 114 valence electrons. The number of amides is 1. The Hall–Kier alpha value is -1.03. The van der Waals surface area contributed by atoms with Crippen molar-refractivity contribution in [2.24, 2.45) is 0 Å². The fourth-order valence-corrected chi connectivity index (χ4v) is 3.52. The predicted molar refractivity (Wildman–Crippen MR) is 78.5 cm³/mol. The van der Waals surface area contributed by atoms with Crippen LogP contribution in [-0.4, -0.2) is 39.4 Å². The summed E-state index contributed by atoms with van der Waals surface area (Å²) in [5.74, 6) is 0. The first-order chi connectivity index (χ1) is 9.24. The molecule has 2 atom stereocenters. The highest BCUT2D eigenvalue weighted by molar-refractivity contribution is 5.69. The SMILES string of the molecule is C/C=C\C1(O)CC2CCCC(C1)N2C(=O)OC(C)(C)C. The van der Waals surface area contributed by atoms with E-state index in [-0.39, 0.29) is 18.2 Å². The van der Waals surface area contributed by atoms with Gasteiger partial charge in [0.05, 0.1) is 5.60 Å². The van der Waals surface area contributed by atoms with Crippen LogP contribution < -0.4 is 0 Å². The monoisotopic (exact) mass is 281 g/mol. The minimum Gasteiger partial charge on any atom is -0.444 e. The zero-order valence-corrected chi connectivity index (χ0v) is 13.1. The molecule has 0 aromatic heterocycles. The van der Waals surface area contributed by atoms with Gasteiger partial charge in [-0.2, -0.15) is 0 Å². The molecule has 2 heterocycles. The predicted octanol–water partition coefficient (Wildman–Crippen LogP) is 3.25. The highest BCUT2D eigenvalue weighted by Crippen LogP contribution is 2.40. The molecule has 2 fully saturated rings. The molecular weight excluding hydrogens is 254 g/mol. The first kappa shape index (κ1) is 15.4. The van der Waals surface area contributed by atoms with Crippen molar-refractivity contribution in [2.75, 3.05) is 0 Å². The summed E-state index contributed by atoms with van der Waals surface area (Å²) in [7, 11) is 0. The van der Waals surface area contributed by atoms with Crippen LogP contribution in [0.25, 0.3) is 0 Å². The lowest BCUT2D eigenvalue weighted by Gasteiger charge is -2.51. The van der Waals surface area contributed by atoms with Gasteiger partial charge >= 0.3 is 6.09 Å². The maximum atomic E-state index is 12.4. The van der Waals surface area contributed by atoms with E-state index in [0.717, 1.165) is 19.3 Å². The third-order valence-corrected chi connectivity index (χ3v) is 4.12. The van der Waals surface area contributed by atoms with Crippen LogP contribution in [0.1, 0.15) is 59.8 Å². The Morgan fingerprint density at radius 3 is 2.30 bits per heavy atom. The molecule has 2 aliphatic heterocycles. The molecule has 4 nitrogen and oxygen atoms in total. The highest BCUT2D eigenvalue weighted by Gasteiger charge is 2.47. The van der Waals surface area contributed by atoms with Crippen LogP contribution in [0.4, 0.5) is 4.79 Å². The van der Waals surface area contributed by atoms with Gasteiger partial charge in [0.2, 0.25) is 0 Å². The smallest absolute Gasteiger partial charge is 0.410 e. The van der Waals surface area contributed by atoms with Crippen molar-refractivity contribution in [1.29, 1.82) is 0 Å². The zero-order chi connectivity index (χ0) is 15.0. The topological polar surface area (TPSA) is 49.8 Å². The summed E-state index contributed by atoms with van der Waals surface area (Å²) in [5, 5.41) is 10.6. The number of ether oxygens (including phenoxy) is 1. The van der Waals surface area contributed by atoms with E-state index < -0.39 is 11.2 Å². The Balaban J connectivity index is 2.15. The van der Waals surface area contributed by atoms with Crippen LogP contribution in [0.3, 0.4) is 0 Å². The van der Waals surface area contributed by atoms with E-state index >= 15 is 0 Å². The van der Waals surface area contributed by atoms with Gasteiger partial charge in [-0.25, -0.2) is 4.79 Å². The van der Waals surface area contributed by atoms with Gasteiger partial charge in [0.15, 0.2) is 0 Å². The van der Waals surface area contributed by atoms with E-state index in [1.54, 1.807) is 0 Å². The van der Waals surface area contributed by atoms with Gasteiger partial charge in [-0.15, -0.1) is 0 Å². The van der Waals surface area contributed by atoms with Crippen molar-refractivity contribution < 1.29 is 14.6 Å². The van der Waals surface area contributed by atoms with Crippen LogP contribution in [0, 0.1) is 0 Å². The fraction of sp³-hybridized carbons (Fsp3) is 0.812. The van der Waals surface area contributed by atoms with Crippen LogP contribution >= 0.6 is 0 Å². The summed E-state index contributed by atoms with van der Waals surface area (Å²) in [6.45, 7) is 7.59. The molecule has 0 aliphatic carbocycles. The van der Waals surface area contributed by atoms with Crippen molar-refractivity contribution >= 4 is 6.09 Å². The minimum atomic E-state index is -0.761. The van der Waals surface area contributed by atoms with Gasteiger partial charge < -0.3 is 14.7 Å². The number of piperidine rings is 2. The number of rotatable bonds is 1. The van der Waals surface area contributed by atoms with E-state index in [1.807, 2.05) is 44.7 Å². The second-order valence-electron chi connectivity index (χ2n) is 7.14. The number of hydrogen-bond acceptors (Lipinski definition) is 3. The first-order valence-corrected chi connectivity index (χ1v) is 7.62. The van der Waals surface area contributed by atoms with E-state index in [4.69, 9.17) is 4.74 Å². The molecule has 2 aliphatic rings. The van der Waals surface area contributed by atoms with E-state index in [1.165, 1.54) is 0 Å². The third-order valence-electron chi connectivity index (χ3n) is 4.12. The molecule has 2 rings (SSSR count). The van der Waals surface area contributed by atoms with Crippen LogP contribution in [0.15, 0.2) is 12.2 Å². The molecule has 0 aromatic rings. The highest BCUT2D eigenvalue weighted by atomic mass is 16.6. The number of carbonyl (C=O) groups excluding carboxylic acids is 1. The molecule has 0 radical (unpaired) electrons. The van der Waals surface area contributed by atoms with E-state index in [9.17, 15) is 9.90 Å². The normalized spacial score (nSPS) is 34.4. The van der Waals surface area contributed by atoms with Crippen LogP contribution in [0.2, 0.25) is 0 Å². The summed E-state index contributed by atoms with van der Waals surface area (Å²) >= 11 is 0. The third kappa shape index (κ3) is 3.35. The molecule has 2 bridgehead atoms. The molecule has 2 saturated heterocycles. The van der Waals surface area contributed by atoms with Gasteiger partial charge in [-0.1, -0.05) is 12.2 Å². The zero-order valence-electron chi connectivity index (χ0n) is 13.1. The Morgan fingerprint density at radius 1 is 1.30 bits per heavy atom. The van der Waals surface area contributed by atoms with Crippen LogP contribution in [-0.2, 0) is 4.74 Å². The maximum Gasteiger partial charge on any atom is 0.410 e. The Labute approximate surface area is 121 Å². The number of hydrogen-bond donors (Lipinski definition) is 1. The van der Waals surface area contributed by atoms with Gasteiger partial charge in [0, 0.05) is 24.9 Å². The number of allylic oxidation sites excluding steroid dienone is 1. The van der Waals surface area contributed by atoms with Gasteiger partial charge in [-0.05, 0) is 47.0 Å². The molecule has 20 heavy (non-hydrogen) atoms. The summed E-state index contributed by atoms with van der Waals surface area (Å²) < 4.78 is 5.53. The lowest BCUT2D eigenvalue weighted by Crippen LogP contribution is -2.60. The lowest BCUT2D eigenvalue weighted by atomic mass is 9.75. The van der Waals surface area contributed by atoms with E-state index in [2.05, 4.69) is 0 Å². The molecule has 1 amide bonds. The quantitative estimate of drug-likeness (QED) is 0.751. The number of nitrogens with zero attached hydrogens (tertiary/aromatic N) is 1. The average molecular weight is 281 g/mol. The molecule has 1 N–H and O–H groups in total. The Morgan fingerprint density at radius 2 is 1.85 bits per heavy atom. The van der Waals surface area contributed by atoms with Crippen molar-refractivity contribution in [3.05, 3.63) is 12.2 Å². The Bertz CT molecular complexity index is 383. The second kappa shape index (κ2) is 5.40. The average Bonchev–Trinajstić information content (AvgIpc) is 2.24. The van der Waals surface area contributed by atoms with Crippen molar-refractivity contribution in [1.82, 2.24) is 4.90 Å². The molecule has 2 unspecified atom stereocenters. The van der Waals surface area contributed by atoms with Gasteiger partial charge in [-0.3, -0.25) is 0 Å². The summed E-state index contributed by atoms with van der Waals surface area (Å²) in [5.41, 5.74) is -1.23.